The Morgan fingerprint density at radius 2 is 1.75 bits per heavy atom. The van der Waals surface area contributed by atoms with Crippen LogP contribution in [0, 0.1) is 0 Å². The van der Waals surface area contributed by atoms with Crippen molar-refractivity contribution in [3.05, 3.63) is 23.9 Å². The monoisotopic (exact) mass is 230 g/mol. The Morgan fingerprint density at radius 3 is 2.25 bits per heavy atom. The topological polar surface area (TPSA) is 16.1 Å². The van der Waals surface area contributed by atoms with Gasteiger partial charge in [-0.1, -0.05) is 0 Å². The number of rotatable bonds is 1. The van der Waals surface area contributed by atoms with E-state index in [0.29, 0.717) is 5.82 Å². The second kappa shape index (κ2) is 4.31. The number of alkyl halides is 3. The summed E-state index contributed by atoms with van der Waals surface area (Å²) in [5.41, 5.74) is -0.687. The van der Waals surface area contributed by atoms with E-state index in [2.05, 4.69) is 4.98 Å². The van der Waals surface area contributed by atoms with Gasteiger partial charge in [0.2, 0.25) is 0 Å². The van der Waals surface area contributed by atoms with Crippen molar-refractivity contribution < 1.29 is 13.2 Å². The number of pyridine rings is 1. The molecule has 0 aliphatic carbocycles. The molecule has 0 radical (unpaired) electrons. The third kappa shape index (κ3) is 2.46. The van der Waals surface area contributed by atoms with Gasteiger partial charge in [0.05, 0.1) is 5.56 Å². The third-order valence-electron chi connectivity index (χ3n) is 2.76. The first-order chi connectivity index (χ1) is 7.57. The number of halogens is 3. The van der Waals surface area contributed by atoms with E-state index >= 15 is 0 Å². The summed E-state index contributed by atoms with van der Waals surface area (Å²) in [6, 6.07) is 2.55. The molecule has 2 nitrogen and oxygen atoms in total. The lowest BCUT2D eigenvalue weighted by atomic mass is 10.1. The van der Waals surface area contributed by atoms with E-state index < -0.39 is 11.7 Å². The largest absolute Gasteiger partial charge is 0.417 e. The number of hydrogen-bond donors (Lipinski definition) is 0. The van der Waals surface area contributed by atoms with Crippen LogP contribution in [0.2, 0.25) is 0 Å². The van der Waals surface area contributed by atoms with Crippen LogP contribution in [0.5, 0.6) is 0 Å². The molecule has 2 rings (SSSR count). The molecule has 0 bridgehead atoms. The number of anilines is 1. The van der Waals surface area contributed by atoms with E-state index in [1.807, 2.05) is 4.90 Å². The van der Waals surface area contributed by atoms with Gasteiger partial charge in [0.15, 0.2) is 0 Å². The van der Waals surface area contributed by atoms with Gasteiger partial charge in [0.25, 0.3) is 0 Å². The van der Waals surface area contributed by atoms with E-state index in [1.54, 1.807) is 0 Å². The maximum Gasteiger partial charge on any atom is 0.417 e. The summed E-state index contributed by atoms with van der Waals surface area (Å²) >= 11 is 0. The predicted octanol–water partition coefficient (Wildman–Crippen LogP) is 3.09. The highest BCUT2D eigenvalue weighted by atomic mass is 19.4. The standard InChI is InChI=1S/C11H13F3N2/c12-11(13,14)9-4-5-10(15-8-9)16-6-2-1-3-7-16/h4-5,8H,1-3,6-7H2. The van der Waals surface area contributed by atoms with Crippen molar-refractivity contribution in [3.63, 3.8) is 0 Å². The summed E-state index contributed by atoms with van der Waals surface area (Å²) in [5, 5.41) is 0. The van der Waals surface area contributed by atoms with Crippen LogP contribution in [0.25, 0.3) is 0 Å². The second-order valence-electron chi connectivity index (χ2n) is 3.95. The van der Waals surface area contributed by atoms with E-state index in [9.17, 15) is 13.2 Å². The molecule has 0 N–H and O–H groups in total. The number of hydrogen-bond acceptors (Lipinski definition) is 2. The summed E-state index contributed by atoms with van der Waals surface area (Å²) in [5.74, 6) is 0.646. The van der Waals surface area contributed by atoms with Crippen LogP contribution in [0.4, 0.5) is 19.0 Å². The molecule has 0 spiro atoms. The van der Waals surface area contributed by atoms with Crippen molar-refractivity contribution in [1.82, 2.24) is 4.98 Å². The molecule has 0 aromatic carbocycles. The number of nitrogens with zero attached hydrogens (tertiary/aromatic N) is 2. The molecule has 2 heterocycles. The van der Waals surface area contributed by atoms with Crippen LogP contribution >= 0.6 is 0 Å². The molecule has 0 unspecified atom stereocenters. The summed E-state index contributed by atoms with van der Waals surface area (Å²) in [4.78, 5) is 5.91. The van der Waals surface area contributed by atoms with Crippen molar-refractivity contribution in [2.75, 3.05) is 18.0 Å². The van der Waals surface area contributed by atoms with Gasteiger partial charge in [-0.3, -0.25) is 0 Å². The first kappa shape index (κ1) is 11.2. The molecule has 1 aromatic heterocycles. The molecule has 0 amide bonds. The molecule has 0 atom stereocenters. The van der Waals surface area contributed by atoms with Gasteiger partial charge in [-0.25, -0.2) is 4.98 Å². The van der Waals surface area contributed by atoms with Crippen molar-refractivity contribution in [2.45, 2.75) is 25.4 Å². The second-order valence-corrected chi connectivity index (χ2v) is 3.95. The minimum absolute atomic E-state index is 0.646. The zero-order chi connectivity index (χ0) is 11.6. The van der Waals surface area contributed by atoms with Crippen LogP contribution in [-0.4, -0.2) is 18.1 Å². The molecule has 1 saturated heterocycles. The SMILES string of the molecule is FC(F)(F)c1ccc(N2CCCCC2)nc1. The summed E-state index contributed by atoms with van der Waals surface area (Å²) in [7, 11) is 0. The Hall–Kier alpha value is -1.26. The molecule has 1 fully saturated rings. The van der Waals surface area contributed by atoms with E-state index in [0.717, 1.165) is 38.2 Å². The van der Waals surface area contributed by atoms with Gasteiger partial charge >= 0.3 is 6.18 Å². The van der Waals surface area contributed by atoms with Crippen LogP contribution in [0.3, 0.4) is 0 Å². The molecule has 0 saturated carbocycles. The lowest BCUT2D eigenvalue weighted by Crippen LogP contribution is -2.30. The first-order valence-electron chi connectivity index (χ1n) is 5.35. The van der Waals surface area contributed by atoms with Crippen molar-refractivity contribution >= 4 is 5.82 Å². The van der Waals surface area contributed by atoms with Crippen molar-refractivity contribution in [2.24, 2.45) is 0 Å². The van der Waals surface area contributed by atoms with Gasteiger partial charge in [-0.05, 0) is 31.4 Å². The lowest BCUT2D eigenvalue weighted by molar-refractivity contribution is -0.137. The Labute approximate surface area is 92.1 Å². The summed E-state index contributed by atoms with van der Waals surface area (Å²) < 4.78 is 36.9. The fraction of sp³-hybridized carbons (Fsp3) is 0.545. The summed E-state index contributed by atoms with van der Waals surface area (Å²) in [6.45, 7) is 1.77. The van der Waals surface area contributed by atoms with Crippen LogP contribution in [0.1, 0.15) is 24.8 Å². The fourth-order valence-electron chi connectivity index (χ4n) is 1.86. The molecule has 1 aromatic rings. The highest BCUT2D eigenvalue weighted by Gasteiger charge is 2.30. The average Bonchev–Trinajstić information content (AvgIpc) is 2.29. The molecular formula is C11H13F3N2. The smallest absolute Gasteiger partial charge is 0.357 e. The van der Waals surface area contributed by atoms with Crippen LogP contribution < -0.4 is 4.90 Å². The maximum atomic E-state index is 12.3. The van der Waals surface area contributed by atoms with Gasteiger partial charge in [-0.2, -0.15) is 13.2 Å². The summed E-state index contributed by atoms with van der Waals surface area (Å²) in [6.07, 6.45) is -0.0279. The quantitative estimate of drug-likeness (QED) is 0.737. The van der Waals surface area contributed by atoms with Crippen LogP contribution in [-0.2, 0) is 6.18 Å². The highest BCUT2D eigenvalue weighted by Crippen LogP contribution is 2.29. The Bertz CT molecular complexity index is 339. The molecule has 1 aliphatic rings. The van der Waals surface area contributed by atoms with Crippen molar-refractivity contribution in [3.8, 4) is 0 Å². The Balaban J connectivity index is 2.12. The lowest BCUT2D eigenvalue weighted by Gasteiger charge is -2.27. The minimum Gasteiger partial charge on any atom is -0.357 e. The molecule has 16 heavy (non-hydrogen) atoms. The maximum absolute atomic E-state index is 12.3. The van der Waals surface area contributed by atoms with Crippen LogP contribution in [0.15, 0.2) is 18.3 Å². The van der Waals surface area contributed by atoms with E-state index in [-0.39, 0.29) is 0 Å². The molecule has 5 heteroatoms. The Morgan fingerprint density at radius 1 is 1.06 bits per heavy atom. The number of aromatic nitrogens is 1. The zero-order valence-corrected chi connectivity index (χ0v) is 8.80. The van der Waals surface area contributed by atoms with Gasteiger partial charge in [0.1, 0.15) is 5.82 Å². The van der Waals surface area contributed by atoms with E-state index in [1.165, 1.54) is 12.5 Å². The molecule has 1 aliphatic heterocycles. The minimum atomic E-state index is -4.30. The van der Waals surface area contributed by atoms with Gasteiger partial charge < -0.3 is 4.90 Å². The average molecular weight is 230 g/mol. The van der Waals surface area contributed by atoms with Crippen molar-refractivity contribution in [1.29, 1.82) is 0 Å². The highest BCUT2D eigenvalue weighted by molar-refractivity contribution is 5.40. The first-order valence-corrected chi connectivity index (χ1v) is 5.35. The predicted molar refractivity (Wildman–Crippen MR) is 55.3 cm³/mol. The molecule has 88 valence electrons. The Kier molecular flexibility index (Phi) is 3.03. The van der Waals surface area contributed by atoms with E-state index in [4.69, 9.17) is 0 Å². The third-order valence-corrected chi connectivity index (χ3v) is 2.76. The van der Waals surface area contributed by atoms with Gasteiger partial charge in [0, 0.05) is 19.3 Å². The normalized spacial score (nSPS) is 17.6. The molecular weight excluding hydrogens is 217 g/mol. The number of piperidine rings is 1. The zero-order valence-electron chi connectivity index (χ0n) is 8.80. The fourth-order valence-corrected chi connectivity index (χ4v) is 1.86. The van der Waals surface area contributed by atoms with Gasteiger partial charge in [-0.15, -0.1) is 0 Å².